The summed E-state index contributed by atoms with van der Waals surface area (Å²) in [6, 6.07) is 0. The van der Waals surface area contributed by atoms with Gasteiger partial charge in [-0.3, -0.25) is 9.59 Å². The molecule has 2 bridgehead atoms. The van der Waals surface area contributed by atoms with E-state index >= 15 is 0 Å². The number of carbonyl (C=O) groups is 2. The zero-order chi connectivity index (χ0) is 20.6. The standard InChI is InChI=1S/C26H40O3/c1-3-4-5-6-7-10-13-21-22(14-11-8-9-12-15-23(27)29-2)26(28)25-20-17-16-19(18-20)24(21)25/h14,16-17,19-21,24-25H,3-13,15,18H2,1-2H3/b22-14+/t19-,20+,21-,24+,25+/m1/s1. The third kappa shape index (κ3) is 5.41. The smallest absolute Gasteiger partial charge is 0.305 e. The van der Waals surface area contributed by atoms with Gasteiger partial charge in [0.15, 0.2) is 5.78 Å². The molecule has 3 aliphatic carbocycles. The minimum atomic E-state index is -0.121. The molecule has 3 aliphatic rings. The number of unbranched alkanes of at least 4 members (excludes halogenated alkanes) is 8. The molecule has 0 amide bonds. The molecule has 0 heterocycles. The number of esters is 1. The molecule has 2 fully saturated rings. The van der Waals surface area contributed by atoms with Gasteiger partial charge in [0.05, 0.1) is 7.11 Å². The summed E-state index contributed by atoms with van der Waals surface area (Å²) in [5, 5.41) is 0. The Bertz CT molecular complexity index is 617. The number of methoxy groups -OCH3 is 1. The van der Waals surface area contributed by atoms with Crippen LogP contribution in [0, 0.1) is 29.6 Å². The van der Waals surface area contributed by atoms with Gasteiger partial charge in [-0.1, -0.05) is 70.1 Å². The first-order valence-corrected chi connectivity index (χ1v) is 12.2. The second kappa shape index (κ2) is 11.1. The summed E-state index contributed by atoms with van der Waals surface area (Å²) in [6.45, 7) is 2.26. The van der Waals surface area contributed by atoms with Crippen LogP contribution in [0.2, 0.25) is 0 Å². The Morgan fingerprint density at radius 3 is 2.55 bits per heavy atom. The van der Waals surface area contributed by atoms with Crippen molar-refractivity contribution >= 4 is 11.8 Å². The van der Waals surface area contributed by atoms with Gasteiger partial charge in [0.1, 0.15) is 0 Å². The Labute approximate surface area is 177 Å². The molecule has 2 saturated carbocycles. The number of ether oxygens (including phenoxy) is 1. The molecule has 3 nitrogen and oxygen atoms in total. The number of hydrogen-bond donors (Lipinski definition) is 0. The van der Waals surface area contributed by atoms with E-state index in [0.29, 0.717) is 35.9 Å². The average Bonchev–Trinajstić information content (AvgIpc) is 3.41. The van der Waals surface area contributed by atoms with Gasteiger partial charge in [-0.05, 0) is 61.3 Å². The van der Waals surface area contributed by atoms with Gasteiger partial charge in [-0.2, -0.15) is 0 Å². The third-order valence-electron chi connectivity index (χ3n) is 7.52. The first-order chi connectivity index (χ1) is 14.2. The Balaban J connectivity index is 1.52. The van der Waals surface area contributed by atoms with Gasteiger partial charge in [0, 0.05) is 12.3 Å². The third-order valence-corrected chi connectivity index (χ3v) is 7.52. The maximum atomic E-state index is 13.2. The molecule has 29 heavy (non-hydrogen) atoms. The molecular formula is C26H40O3. The molecule has 0 unspecified atom stereocenters. The van der Waals surface area contributed by atoms with Crippen LogP contribution in [0.3, 0.4) is 0 Å². The lowest BCUT2D eigenvalue weighted by molar-refractivity contribution is -0.140. The van der Waals surface area contributed by atoms with Crippen LogP contribution >= 0.6 is 0 Å². The topological polar surface area (TPSA) is 43.4 Å². The number of Topliss-reactive ketones (excluding diaryl/α,β-unsaturated/α-hetero) is 1. The highest BCUT2D eigenvalue weighted by Gasteiger charge is 2.57. The predicted molar refractivity (Wildman–Crippen MR) is 117 cm³/mol. The molecule has 0 aromatic carbocycles. The molecule has 0 radical (unpaired) electrons. The second-order valence-corrected chi connectivity index (χ2v) is 9.41. The highest BCUT2D eigenvalue weighted by Crippen LogP contribution is 2.59. The van der Waals surface area contributed by atoms with Crippen LogP contribution in [0.15, 0.2) is 23.8 Å². The number of rotatable bonds is 13. The Morgan fingerprint density at radius 2 is 1.76 bits per heavy atom. The molecule has 3 rings (SSSR count). The van der Waals surface area contributed by atoms with Gasteiger partial charge in [0.25, 0.3) is 0 Å². The Morgan fingerprint density at radius 1 is 1.03 bits per heavy atom. The normalized spacial score (nSPS) is 31.0. The van der Waals surface area contributed by atoms with Crippen LogP contribution in [0.25, 0.3) is 0 Å². The van der Waals surface area contributed by atoms with E-state index in [4.69, 9.17) is 4.74 Å². The van der Waals surface area contributed by atoms with Crippen LogP contribution in [0.4, 0.5) is 0 Å². The van der Waals surface area contributed by atoms with Crippen LogP contribution in [0.1, 0.15) is 90.4 Å². The van der Waals surface area contributed by atoms with Crippen molar-refractivity contribution in [3.63, 3.8) is 0 Å². The highest BCUT2D eigenvalue weighted by molar-refractivity contribution is 6.01. The molecule has 0 aromatic rings. The van der Waals surface area contributed by atoms with Crippen molar-refractivity contribution in [2.75, 3.05) is 7.11 Å². The van der Waals surface area contributed by atoms with Gasteiger partial charge < -0.3 is 4.74 Å². The van der Waals surface area contributed by atoms with Gasteiger partial charge >= 0.3 is 5.97 Å². The second-order valence-electron chi connectivity index (χ2n) is 9.41. The van der Waals surface area contributed by atoms with Crippen molar-refractivity contribution < 1.29 is 14.3 Å². The zero-order valence-electron chi connectivity index (χ0n) is 18.5. The molecule has 162 valence electrons. The van der Waals surface area contributed by atoms with Crippen molar-refractivity contribution in [3.8, 4) is 0 Å². The molecule has 5 atom stereocenters. The molecule has 0 aliphatic heterocycles. The first kappa shape index (κ1) is 22.3. The summed E-state index contributed by atoms with van der Waals surface area (Å²) in [7, 11) is 1.45. The molecule has 3 heteroatoms. The molecular weight excluding hydrogens is 360 g/mol. The average molecular weight is 401 g/mol. The lowest BCUT2D eigenvalue weighted by atomic mass is 9.78. The predicted octanol–water partition coefficient (Wildman–Crippen LogP) is 6.42. The number of ketones is 1. The fourth-order valence-corrected chi connectivity index (χ4v) is 6.06. The summed E-state index contributed by atoms with van der Waals surface area (Å²) in [5.41, 5.74) is 1.17. The number of carbonyl (C=O) groups excluding carboxylic acids is 2. The molecule has 0 spiro atoms. The van der Waals surface area contributed by atoms with Crippen LogP contribution in [-0.4, -0.2) is 18.9 Å². The van der Waals surface area contributed by atoms with Gasteiger partial charge in [0.2, 0.25) is 0 Å². The van der Waals surface area contributed by atoms with E-state index in [-0.39, 0.29) is 11.9 Å². The lowest BCUT2D eigenvalue weighted by Gasteiger charge is -2.25. The van der Waals surface area contributed by atoms with Gasteiger partial charge in [-0.15, -0.1) is 0 Å². The maximum Gasteiger partial charge on any atom is 0.305 e. The summed E-state index contributed by atoms with van der Waals surface area (Å²) in [4.78, 5) is 24.5. The van der Waals surface area contributed by atoms with E-state index < -0.39 is 0 Å². The van der Waals surface area contributed by atoms with E-state index in [1.54, 1.807) is 0 Å². The Hall–Kier alpha value is -1.38. The van der Waals surface area contributed by atoms with E-state index in [1.807, 2.05) is 0 Å². The minimum absolute atomic E-state index is 0.121. The summed E-state index contributed by atoms with van der Waals surface area (Å²) in [5.74, 6) is 2.86. The van der Waals surface area contributed by atoms with E-state index in [1.165, 1.54) is 64.0 Å². The highest BCUT2D eigenvalue weighted by atomic mass is 16.5. The van der Waals surface area contributed by atoms with E-state index in [9.17, 15) is 9.59 Å². The SMILES string of the molecule is CCCCCCCC[C@@H]1/C(=C\CCCCCC(=O)OC)C(=O)[C@@H]2[C@H]1[C@@H]1C=C[C@H]2C1. The maximum absolute atomic E-state index is 13.2. The van der Waals surface area contributed by atoms with Crippen molar-refractivity contribution in [1.82, 2.24) is 0 Å². The Kier molecular flexibility index (Phi) is 8.56. The molecule has 0 aromatic heterocycles. The van der Waals surface area contributed by atoms with Crippen LogP contribution in [-0.2, 0) is 14.3 Å². The van der Waals surface area contributed by atoms with E-state index in [0.717, 1.165) is 25.7 Å². The largest absolute Gasteiger partial charge is 0.469 e. The molecule has 0 N–H and O–H groups in total. The summed E-state index contributed by atoms with van der Waals surface area (Å²) in [6.07, 6.45) is 21.8. The van der Waals surface area contributed by atoms with Crippen LogP contribution < -0.4 is 0 Å². The van der Waals surface area contributed by atoms with Crippen LogP contribution in [0.5, 0.6) is 0 Å². The minimum Gasteiger partial charge on any atom is -0.469 e. The fourth-order valence-electron chi connectivity index (χ4n) is 6.06. The summed E-state index contributed by atoms with van der Waals surface area (Å²) < 4.78 is 4.70. The first-order valence-electron chi connectivity index (χ1n) is 12.2. The van der Waals surface area contributed by atoms with Crippen molar-refractivity contribution in [1.29, 1.82) is 0 Å². The number of hydrogen-bond acceptors (Lipinski definition) is 3. The quantitative estimate of drug-likeness (QED) is 0.155. The lowest BCUT2D eigenvalue weighted by Crippen LogP contribution is -2.21. The monoisotopic (exact) mass is 400 g/mol. The van der Waals surface area contributed by atoms with E-state index in [2.05, 4.69) is 25.2 Å². The van der Waals surface area contributed by atoms with Gasteiger partial charge in [-0.25, -0.2) is 0 Å². The van der Waals surface area contributed by atoms with Crippen molar-refractivity contribution in [2.45, 2.75) is 90.4 Å². The zero-order valence-corrected chi connectivity index (χ0v) is 18.5. The summed E-state index contributed by atoms with van der Waals surface area (Å²) >= 11 is 0. The fraction of sp³-hybridized carbons (Fsp3) is 0.769. The molecule has 0 saturated heterocycles. The van der Waals surface area contributed by atoms with Crippen molar-refractivity contribution in [3.05, 3.63) is 23.8 Å². The number of fused-ring (bicyclic) bond motifs is 5. The number of allylic oxidation sites excluding steroid dienone is 4. The van der Waals surface area contributed by atoms with Crippen molar-refractivity contribution in [2.24, 2.45) is 29.6 Å².